The highest BCUT2D eigenvalue weighted by molar-refractivity contribution is 7.23. The van der Waals surface area contributed by atoms with Crippen LogP contribution in [0.1, 0.15) is 32.6 Å². The lowest BCUT2D eigenvalue weighted by molar-refractivity contribution is 0.00578. The van der Waals surface area contributed by atoms with Crippen molar-refractivity contribution in [2.75, 3.05) is 0 Å². The first kappa shape index (κ1) is 20.0. The molecule has 1 aromatic heterocycles. The topological polar surface area (TPSA) is 30.8 Å². The highest BCUT2D eigenvalue weighted by Gasteiger charge is 2.52. The van der Waals surface area contributed by atoms with E-state index in [2.05, 4.69) is 4.99 Å². The van der Waals surface area contributed by atoms with E-state index in [1.54, 1.807) is 12.1 Å². The summed E-state index contributed by atoms with van der Waals surface area (Å²) in [5.74, 6) is -10.3. The number of thiophene rings is 1. The molecule has 27 heavy (non-hydrogen) atoms. The zero-order chi connectivity index (χ0) is 20.1. The molecule has 0 spiro atoms. The molecule has 3 rings (SSSR count). The van der Waals surface area contributed by atoms with E-state index in [0.29, 0.717) is 9.65 Å². The van der Waals surface area contributed by atoms with Crippen LogP contribution in [-0.2, 0) is 9.31 Å². The van der Waals surface area contributed by atoms with Gasteiger partial charge in [-0.1, -0.05) is 6.07 Å². The van der Waals surface area contributed by atoms with Crippen molar-refractivity contribution >= 4 is 35.1 Å². The van der Waals surface area contributed by atoms with Crippen molar-refractivity contribution in [3.05, 3.63) is 46.1 Å². The Morgan fingerprint density at radius 2 is 1.33 bits per heavy atom. The number of halogens is 5. The van der Waals surface area contributed by atoms with Gasteiger partial charge in [0.25, 0.3) is 0 Å². The van der Waals surface area contributed by atoms with Gasteiger partial charge in [-0.15, -0.1) is 11.3 Å². The first-order valence-electron chi connectivity index (χ1n) is 7.95. The Labute approximate surface area is 157 Å². The molecule has 0 amide bonds. The van der Waals surface area contributed by atoms with E-state index in [4.69, 9.17) is 9.31 Å². The number of hydrogen-bond donors (Lipinski definition) is 0. The molecule has 2 aromatic rings. The first-order chi connectivity index (χ1) is 12.4. The number of nitrogens with zero attached hydrogens (tertiary/aromatic N) is 1. The molecule has 1 aliphatic rings. The normalized spacial score (nSPS) is 18.6. The van der Waals surface area contributed by atoms with Crippen molar-refractivity contribution in [1.82, 2.24) is 0 Å². The summed E-state index contributed by atoms with van der Waals surface area (Å²) in [6.45, 7) is 7.58. The van der Waals surface area contributed by atoms with E-state index in [9.17, 15) is 22.0 Å². The molecule has 1 aliphatic heterocycles. The summed E-state index contributed by atoms with van der Waals surface area (Å²) in [5, 5.41) is 0. The standard InChI is InChI=1S/C17H15BF5NO2S/c1-16(2)17(3,4)26-18(25-16)9-6-5-8(27-9)7-24-15-13(22)11(20)10(19)12(21)14(15)23/h5-7H,1-4H3. The van der Waals surface area contributed by atoms with Gasteiger partial charge in [-0.25, -0.2) is 26.9 Å². The molecule has 10 heteroatoms. The Hall–Kier alpha value is -1.78. The molecule has 0 N–H and O–H groups in total. The molecule has 0 unspecified atom stereocenters. The third kappa shape index (κ3) is 3.41. The second kappa shape index (κ2) is 6.68. The molecule has 0 aliphatic carbocycles. The Morgan fingerprint density at radius 3 is 1.85 bits per heavy atom. The van der Waals surface area contributed by atoms with Gasteiger partial charge in [-0.05, 0) is 33.8 Å². The molecule has 144 valence electrons. The smallest absolute Gasteiger partial charge is 0.399 e. The summed E-state index contributed by atoms with van der Waals surface area (Å²) in [5.41, 5.74) is -2.31. The molecule has 0 bridgehead atoms. The van der Waals surface area contributed by atoms with Crippen molar-refractivity contribution in [2.24, 2.45) is 4.99 Å². The van der Waals surface area contributed by atoms with Crippen molar-refractivity contribution in [1.29, 1.82) is 0 Å². The van der Waals surface area contributed by atoms with E-state index < -0.39 is 53.1 Å². The fourth-order valence-corrected chi connectivity index (χ4v) is 3.20. The van der Waals surface area contributed by atoms with Crippen molar-refractivity contribution < 1.29 is 31.3 Å². The van der Waals surface area contributed by atoms with Crippen molar-refractivity contribution in [3.63, 3.8) is 0 Å². The molecule has 0 atom stereocenters. The van der Waals surface area contributed by atoms with Gasteiger partial charge in [-0.3, -0.25) is 0 Å². The minimum absolute atomic E-state index is 0.434. The maximum absolute atomic E-state index is 13.7. The van der Waals surface area contributed by atoms with E-state index >= 15 is 0 Å². The summed E-state index contributed by atoms with van der Waals surface area (Å²) < 4.78 is 79.3. The van der Waals surface area contributed by atoms with Gasteiger partial charge in [0.05, 0.1) is 11.2 Å². The summed E-state index contributed by atoms with van der Waals surface area (Å²) >= 11 is 1.17. The molecular formula is C17H15BF5NO2S. The number of aliphatic imine (C=N–C) groups is 1. The molecule has 0 saturated carbocycles. The van der Waals surface area contributed by atoms with E-state index in [0.717, 1.165) is 6.21 Å². The maximum atomic E-state index is 13.7. The van der Waals surface area contributed by atoms with Crippen LogP contribution in [-0.4, -0.2) is 24.5 Å². The van der Waals surface area contributed by atoms with Crippen LogP contribution in [0.2, 0.25) is 0 Å². The van der Waals surface area contributed by atoms with Crippen LogP contribution < -0.4 is 4.78 Å². The third-order valence-electron chi connectivity index (χ3n) is 4.64. The molecular weight excluding hydrogens is 388 g/mol. The minimum atomic E-state index is -2.22. The molecule has 1 aromatic carbocycles. The Morgan fingerprint density at radius 1 is 0.852 bits per heavy atom. The van der Waals surface area contributed by atoms with Gasteiger partial charge in [0.1, 0.15) is 5.69 Å². The fourth-order valence-electron chi connectivity index (χ4n) is 2.36. The average molecular weight is 403 g/mol. The van der Waals surface area contributed by atoms with Crippen LogP contribution >= 0.6 is 11.3 Å². The predicted molar refractivity (Wildman–Crippen MR) is 93.5 cm³/mol. The lowest BCUT2D eigenvalue weighted by Gasteiger charge is -2.32. The lowest BCUT2D eigenvalue weighted by Crippen LogP contribution is -2.41. The average Bonchev–Trinajstić information content (AvgIpc) is 3.13. The maximum Gasteiger partial charge on any atom is 0.505 e. The largest absolute Gasteiger partial charge is 0.505 e. The number of benzene rings is 1. The van der Waals surface area contributed by atoms with Gasteiger partial charge in [0.15, 0.2) is 23.3 Å². The molecule has 0 radical (unpaired) electrons. The summed E-state index contributed by atoms with van der Waals surface area (Å²) in [6, 6.07) is 3.27. The monoisotopic (exact) mass is 403 g/mol. The SMILES string of the molecule is CC1(C)OB(c2ccc(C=Nc3c(F)c(F)c(F)c(F)c3F)s2)OC1(C)C. The zero-order valence-corrected chi connectivity index (χ0v) is 15.7. The van der Waals surface area contributed by atoms with Crippen LogP contribution in [0.4, 0.5) is 27.6 Å². The quantitative estimate of drug-likeness (QED) is 0.249. The third-order valence-corrected chi connectivity index (χ3v) is 5.68. The Bertz CT molecular complexity index is 883. The van der Waals surface area contributed by atoms with Gasteiger partial charge < -0.3 is 9.31 Å². The summed E-state index contributed by atoms with van der Waals surface area (Å²) in [6.07, 6.45) is 1.03. The van der Waals surface area contributed by atoms with Crippen molar-refractivity contribution in [2.45, 2.75) is 38.9 Å². The lowest BCUT2D eigenvalue weighted by atomic mass is 9.88. The molecule has 1 fully saturated rings. The van der Waals surface area contributed by atoms with E-state index in [1.165, 1.54) is 11.3 Å². The van der Waals surface area contributed by atoms with Crippen molar-refractivity contribution in [3.8, 4) is 0 Å². The van der Waals surface area contributed by atoms with Gasteiger partial charge in [0, 0.05) is 15.9 Å². The Kier molecular flexibility index (Phi) is 4.94. The number of rotatable bonds is 3. The molecule has 1 saturated heterocycles. The summed E-state index contributed by atoms with van der Waals surface area (Å²) in [7, 11) is -0.628. The second-order valence-corrected chi connectivity index (χ2v) is 8.15. The van der Waals surface area contributed by atoms with Gasteiger partial charge in [-0.2, -0.15) is 0 Å². The van der Waals surface area contributed by atoms with Crippen LogP contribution in [0, 0.1) is 29.1 Å². The Balaban J connectivity index is 1.86. The van der Waals surface area contributed by atoms with Crippen LogP contribution in [0.3, 0.4) is 0 Å². The second-order valence-electron chi connectivity index (χ2n) is 7.01. The van der Waals surface area contributed by atoms with Gasteiger partial charge in [0.2, 0.25) is 5.82 Å². The molecule has 3 nitrogen and oxygen atoms in total. The van der Waals surface area contributed by atoms with Crippen LogP contribution in [0.5, 0.6) is 0 Å². The van der Waals surface area contributed by atoms with Gasteiger partial charge >= 0.3 is 7.12 Å². The summed E-state index contributed by atoms with van der Waals surface area (Å²) in [4.78, 5) is 3.88. The van der Waals surface area contributed by atoms with E-state index in [-0.39, 0.29) is 0 Å². The highest BCUT2D eigenvalue weighted by Crippen LogP contribution is 2.37. The first-order valence-corrected chi connectivity index (χ1v) is 8.77. The van der Waals surface area contributed by atoms with Crippen LogP contribution in [0.25, 0.3) is 0 Å². The predicted octanol–water partition coefficient (Wildman–Crippen LogP) is 4.49. The zero-order valence-electron chi connectivity index (χ0n) is 14.9. The highest BCUT2D eigenvalue weighted by atomic mass is 32.1. The van der Waals surface area contributed by atoms with E-state index in [1.807, 2.05) is 27.7 Å². The van der Waals surface area contributed by atoms with Crippen LogP contribution in [0.15, 0.2) is 17.1 Å². The minimum Gasteiger partial charge on any atom is -0.399 e. The fraction of sp³-hybridized carbons (Fsp3) is 0.353. The molecule has 2 heterocycles. The number of hydrogen-bond acceptors (Lipinski definition) is 4.